The maximum atomic E-state index is 13.9. The molecule has 0 aliphatic rings. The Hall–Kier alpha value is -3.27. The number of carbonyl (C=O) groups is 2. The number of methoxy groups -OCH3 is 1. The van der Waals surface area contributed by atoms with Crippen LogP contribution in [0.1, 0.15) is 37.8 Å². The van der Waals surface area contributed by atoms with Crippen LogP contribution >= 0.6 is 23.2 Å². The fourth-order valence-electron chi connectivity index (χ4n) is 4.58. The molecule has 226 valence electrons. The summed E-state index contributed by atoms with van der Waals surface area (Å²) in [5.74, 6) is -0.129. The first-order valence-corrected chi connectivity index (χ1v) is 16.2. The number of nitrogens with zero attached hydrogens (tertiary/aromatic N) is 2. The average Bonchev–Trinajstić information content (AvgIpc) is 2.92. The first kappa shape index (κ1) is 33.2. The third kappa shape index (κ3) is 9.64. The van der Waals surface area contributed by atoms with Gasteiger partial charge in [0.05, 0.1) is 24.1 Å². The molecule has 1 N–H and O–H groups in total. The van der Waals surface area contributed by atoms with Crippen molar-refractivity contribution in [1.82, 2.24) is 10.2 Å². The molecule has 3 rings (SSSR count). The molecule has 0 spiro atoms. The number of amides is 2. The number of hydrogen-bond donors (Lipinski definition) is 1. The van der Waals surface area contributed by atoms with Gasteiger partial charge in [-0.1, -0.05) is 65.7 Å². The third-order valence-electron chi connectivity index (χ3n) is 6.52. The van der Waals surface area contributed by atoms with E-state index in [1.165, 1.54) is 17.5 Å². The van der Waals surface area contributed by atoms with Crippen LogP contribution in [0.15, 0.2) is 72.8 Å². The number of nitrogens with one attached hydrogen (secondary N) is 1. The second-order valence-corrected chi connectivity index (χ2v) is 13.0. The van der Waals surface area contributed by atoms with E-state index in [1.807, 2.05) is 50.2 Å². The smallest absolute Gasteiger partial charge is 0.243 e. The van der Waals surface area contributed by atoms with Crippen molar-refractivity contribution < 1.29 is 22.7 Å². The maximum absolute atomic E-state index is 13.9. The van der Waals surface area contributed by atoms with Gasteiger partial charge in [-0.3, -0.25) is 13.9 Å². The standard InChI is InChI=1S/C31H37Cl2N3O5S/c1-22(2)34-31(38)28(19-23-10-6-5-7-11-23)35(21-24-12-8-13-25(32)18-24)30(37)14-9-17-36(42(4,39)40)26-15-16-29(41-3)27(33)20-26/h5-8,10-13,15-16,18,20,22,28H,9,14,17,19,21H2,1-4H3,(H,34,38)/t28-/m0/s1. The van der Waals surface area contributed by atoms with Crippen LogP contribution < -0.4 is 14.4 Å². The van der Waals surface area contributed by atoms with Crippen LogP contribution in [0.2, 0.25) is 10.0 Å². The highest BCUT2D eigenvalue weighted by Gasteiger charge is 2.31. The lowest BCUT2D eigenvalue weighted by Gasteiger charge is -2.32. The van der Waals surface area contributed by atoms with E-state index in [-0.39, 0.29) is 48.8 Å². The zero-order valence-corrected chi connectivity index (χ0v) is 26.5. The SMILES string of the molecule is COc1ccc(N(CCCC(=O)N(Cc2cccc(Cl)c2)[C@@H](Cc2ccccc2)C(=O)NC(C)C)S(C)(=O)=O)cc1Cl. The highest BCUT2D eigenvalue weighted by molar-refractivity contribution is 7.92. The second-order valence-electron chi connectivity index (χ2n) is 10.3. The lowest BCUT2D eigenvalue weighted by Crippen LogP contribution is -2.51. The van der Waals surface area contributed by atoms with Crippen molar-refractivity contribution in [2.75, 3.05) is 24.2 Å². The van der Waals surface area contributed by atoms with Crippen molar-refractivity contribution >= 4 is 50.7 Å². The Bertz CT molecular complexity index is 1470. The molecule has 0 fully saturated rings. The van der Waals surface area contributed by atoms with Crippen molar-refractivity contribution in [3.63, 3.8) is 0 Å². The normalized spacial score (nSPS) is 12.1. The number of ether oxygens (including phenoxy) is 1. The summed E-state index contributed by atoms with van der Waals surface area (Å²) in [6, 6.07) is 20.5. The predicted molar refractivity (Wildman–Crippen MR) is 169 cm³/mol. The summed E-state index contributed by atoms with van der Waals surface area (Å²) in [5.41, 5.74) is 2.05. The van der Waals surface area contributed by atoms with E-state index >= 15 is 0 Å². The summed E-state index contributed by atoms with van der Waals surface area (Å²) < 4.78 is 31.7. The van der Waals surface area contributed by atoms with Crippen molar-refractivity contribution in [3.8, 4) is 5.75 Å². The summed E-state index contributed by atoms with van der Waals surface area (Å²) in [5, 5.41) is 3.75. The molecule has 0 unspecified atom stereocenters. The van der Waals surface area contributed by atoms with Gasteiger partial charge in [0, 0.05) is 37.0 Å². The van der Waals surface area contributed by atoms with E-state index in [4.69, 9.17) is 27.9 Å². The van der Waals surface area contributed by atoms with Crippen LogP contribution in [0.4, 0.5) is 5.69 Å². The lowest BCUT2D eigenvalue weighted by atomic mass is 10.0. The van der Waals surface area contributed by atoms with Crippen LogP contribution in [-0.4, -0.2) is 57.1 Å². The molecule has 0 aliphatic heterocycles. The first-order chi connectivity index (χ1) is 19.9. The van der Waals surface area contributed by atoms with Crippen LogP contribution in [0, 0.1) is 0 Å². The fourth-order valence-corrected chi connectivity index (χ4v) is 6.00. The van der Waals surface area contributed by atoms with Gasteiger partial charge in [-0.25, -0.2) is 8.42 Å². The van der Waals surface area contributed by atoms with Gasteiger partial charge in [-0.2, -0.15) is 0 Å². The van der Waals surface area contributed by atoms with E-state index in [1.54, 1.807) is 35.2 Å². The van der Waals surface area contributed by atoms with Crippen LogP contribution in [0.3, 0.4) is 0 Å². The van der Waals surface area contributed by atoms with Crippen molar-refractivity contribution in [2.45, 2.75) is 51.7 Å². The molecule has 3 aromatic rings. The Morgan fingerprint density at radius 1 is 0.952 bits per heavy atom. The topological polar surface area (TPSA) is 96.0 Å². The van der Waals surface area contributed by atoms with Crippen LogP contribution in [0.25, 0.3) is 0 Å². The van der Waals surface area contributed by atoms with E-state index < -0.39 is 16.1 Å². The Kier molecular flexibility index (Phi) is 12.1. The molecule has 11 heteroatoms. The van der Waals surface area contributed by atoms with Gasteiger partial charge >= 0.3 is 0 Å². The third-order valence-corrected chi connectivity index (χ3v) is 8.24. The number of halogens is 2. The molecule has 1 atom stereocenters. The Balaban J connectivity index is 1.89. The number of carbonyl (C=O) groups excluding carboxylic acids is 2. The molecule has 0 aromatic heterocycles. The maximum Gasteiger partial charge on any atom is 0.243 e. The quantitative estimate of drug-likeness (QED) is 0.245. The second kappa shape index (κ2) is 15.3. The molecular weight excluding hydrogens is 597 g/mol. The van der Waals surface area contributed by atoms with Gasteiger partial charge in [0.15, 0.2) is 0 Å². The van der Waals surface area contributed by atoms with E-state index in [2.05, 4.69) is 5.32 Å². The molecule has 2 amide bonds. The molecule has 0 aliphatic carbocycles. The van der Waals surface area contributed by atoms with Crippen molar-refractivity contribution in [2.24, 2.45) is 0 Å². The van der Waals surface area contributed by atoms with Gasteiger partial charge in [0.1, 0.15) is 11.8 Å². The van der Waals surface area contributed by atoms with Gasteiger partial charge in [0.25, 0.3) is 0 Å². The first-order valence-electron chi connectivity index (χ1n) is 13.6. The Morgan fingerprint density at radius 3 is 2.24 bits per heavy atom. The molecule has 42 heavy (non-hydrogen) atoms. The molecule has 0 saturated carbocycles. The van der Waals surface area contributed by atoms with Crippen molar-refractivity contribution in [1.29, 1.82) is 0 Å². The number of sulfonamides is 1. The van der Waals surface area contributed by atoms with E-state index in [0.717, 1.165) is 17.4 Å². The Labute approximate surface area is 258 Å². The number of hydrogen-bond acceptors (Lipinski definition) is 5. The highest BCUT2D eigenvalue weighted by Crippen LogP contribution is 2.30. The molecule has 8 nitrogen and oxygen atoms in total. The van der Waals surface area contributed by atoms with E-state index in [0.29, 0.717) is 22.9 Å². The predicted octanol–water partition coefficient (Wildman–Crippen LogP) is 5.71. The summed E-state index contributed by atoms with van der Waals surface area (Å²) in [6.45, 7) is 3.93. The summed E-state index contributed by atoms with van der Waals surface area (Å²) in [4.78, 5) is 28.9. The zero-order chi connectivity index (χ0) is 30.9. The molecule has 0 saturated heterocycles. The van der Waals surface area contributed by atoms with Crippen LogP contribution in [0.5, 0.6) is 5.75 Å². The summed E-state index contributed by atoms with van der Waals surface area (Å²) >= 11 is 12.5. The largest absolute Gasteiger partial charge is 0.495 e. The molecular formula is C31H37Cl2N3O5S. The number of rotatable bonds is 14. The van der Waals surface area contributed by atoms with Crippen molar-refractivity contribution in [3.05, 3.63) is 94.0 Å². The van der Waals surface area contributed by atoms with E-state index in [9.17, 15) is 18.0 Å². The zero-order valence-electron chi connectivity index (χ0n) is 24.2. The summed E-state index contributed by atoms with van der Waals surface area (Å²) in [7, 11) is -2.20. The van der Waals surface area contributed by atoms with Gasteiger partial charge in [0.2, 0.25) is 21.8 Å². The minimum atomic E-state index is -3.68. The minimum absolute atomic E-state index is 0.0106. The summed E-state index contributed by atoms with van der Waals surface area (Å²) in [6.07, 6.45) is 1.64. The fraction of sp³-hybridized carbons (Fsp3) is 0.355. The van der Waals surface area contributed by atoms with Crippen LogP contribution in [-0.2, 0) is 32.6 Å². The monoisotopic (exact) mass is 633 g/mol. The van der Waals surface area contributed by atoms with Gasteiger partial charge < -0.3 is 15.0 Å². The van der Waals surface area contributed by atoms with Gasteiger partial charge in [-0.15, -0.1) is 0 Å². The molecule has 0 radical (unpaired) electrons. The highest BCUT2D eigenvalue weighted by atomic mass is 35.5. The minimum Gasteiger partial charge on any atom is -0.495 e. The lowest BCUT2D eigenvalue weighted by molar-refractivity contribution is -0.141. The molecule has 0 heterocycles. The molecule has 3 aromatic carbocycles. The Morgan fingerprint density at radius 2 is 1.64 bits per heavy atom. The number of benzene rings is 3. The number of anilines is 1. The molecule has 0 bridgehead atoms. The average molecular weight is 635 g/mol. The van der Waals surface area contributed by atoms with Gasteiger partial charge in [-0.05, 0) is 61.7 Å².